The number of amides is 1. The number of sulfonamides is 1. The number of nitrogens with one attached hydrogen (secondary N) is 2. The number of hydrogen-bond acceptors (Lipinski definition) is 4. The Kier molecular flexibility index (Phi) is 6.18. The number of alkyl halides is 3. The predicted molar refractivity (Wildman–Crippen MR) is 105 cm³/mol. The van der Waals surface area contributed by atoms with Crippen molar-refractivity contribution in [1.29, 1.82) is 0 Å². The zero-order chi connectivity index (χ0) is 21.9. The van der Waals surface area contributed by atoms with Crippen molar-refractivity contribution in [3.8, 4) is 5.75 Å². The molecule has 2 aromatic rings. The van der Waals surface area contributed by atoms with Gasteiger partial charge in [0, 0.05) is 12.1 Å². The molecule has 1 amide bonds. The third kappa shape index (κ3) is 5.61. The number of carbonyl (C=O) groups excluding carboxylic acids is 1. The van der Waals surface area contributed by atoms with Crippen LogP contribution >= 0.6 is 0 Å². The molecule has 0 heterocycles. The van der Waals surface area contributed by atoms with Gasteiger partial charge in [-0.05, 0) is 54.8 Å². The number of halogens is 3. The number of hydrogen-bond donors (Lipinski definition) is 2. The molecule has 0 spiro atoms. The van der Waals surface area contributed by atoms with E-state index in [0.717, 1.165) is 31.1 Å². The zero-order valence-corrected chi connectivity index (χ0v) is 16.7. The summed E-state index contributed by atoms with van der Waals surface area (Å²) in [6.45, 7) is 0. The van der Waals surface area contributed by atoms with Crippen molar-refractivity contribution in [3.63, 3.8) is 0 Å². The molecule has 2 N–H and O–H groups in total. The van der Waals surface area contributed by atoms with Gasteiger partial charge in [-0.15, -0.1) is 0 Å². The van der Waals surface area contributed by atoms with Gasteiger partial charge in [0.1, 0.15) is 5.75 Å². The van der Waals surface area contributed by atoms with Gasteiger partial charge >= 0.3 is 6.18 Å². The molecule has 1 saturated carbocycles. The molecule has 0 radical (unpaired) electrons. The van der Waals surface area contributed by atoms with Crippen molar-refractivity contribution in [2.24, 2.45) is 0 Å². The Balaban J connectivity index is 1.77. The molecule has 10 heteroatoms. The van der Waals surface area contributed by atoms with E-state index in [2.05, 4.69) is 10.0 Å². The summed E-state index contributed by atoms with van der Waals surface area (Å²) in [5.74, 6) is -0.420. The van der Waals surface area contributed by atoms with Crippen molar-refractivity contribution in [2.45, 2.75) is 30.0 Å². The number of anilines is 1. The Bertz CT molecular complexity index is 1080. The first-order valence-corrected chi connectivity index (χ1v) is 10.4. The van der Waals surface area contributed by atoms with Crippen molar-refractivity contribution in [1.82, 2.24) is 4.72 Å². The molecule has 0 bridgehead atoms. The highest BCUT2D eigenvalue weighted by molar-refractivity contribution is 7.89. The first-order chi connectivity index (χ1) is 14.1. The molecule has 6 nitrogen and oxygen atoms in total. The second-order valence-corrected chi connectivity index (χ2v) is 8.42. The van der Waals surface area contributed by atoms with E-state index in [9.17, 15) is 26.4 Å². The minimum atomic E-state index is -4.49. The third-order valence-corrected chi connectivity index (χ3v) is 5.80. The van der Waals surface area contributed by atoms with Gasteiger partial charge in [-0.25, -0.2) is 13.1 Å². The van der Waals surface area contributed by atoms with Gasteiger partial charge in [0.25, 0.3) is 0 Å². The molecule has 3 rings (SSSR count). The lowest BCUT2D eigenvalue weighted by Gasteiger charge is -2.12. The van der Waals surface area contributed by atoms with Crippen molar-refractivity contribution in [3.05, 3.63) is 59.7 Å². The van der Waals surface area contributed by atoms with Gasteiger partial charge in [-0.1, -0.05) is 12.1 Å². The van der Waals surface area contributed by atoms with Crippen LogP contribution in [0.3, 0.4) is 0 Å². The van der Waals surface area contributed by atoms with Crippen LogP contribution in [0.4, 0.5) is 18.9 Å². The standard InChI is InChI=1S/C20H19F3N2O4S/c1-29-18-9-8-16(30(27,28)25-15-6-7-15)12-17(18)24-19(26)10-5-13-3-2-4-14(11-13)20(21,22)23/h2-5,8-12,15,25H,6-7H2,1H3,(H,24,26)/b10-5+. The number of methoxy groups -OCH3 is 1. The van der Waals surface area contributed by atoms with Crippen molar-refractivity contribution in [2.75, 3.05) is 12.4 Å². The number of benzene rings is 2. The number of rotatable bonds is 7. The zero-order valence-electron chi connectivity index (χ0n) is 15.9. The summed E-state index contributed by atoms with van der Waals surface area (Å²) < 4.78 is 70.8. The largest absolute Gasteiger partial charge is 0.495 e. The normalized spacial score (nSPS) is 14.7. The second-order valence-electron chi connectivity index (χ2n) is 6.70. The molecule has 0 atom stereocenters. The van der Waals surface area contributed by atoms with Crippen LogP contribution in [0, 0.1) is 0 Å². The van der Waals surface area contributed by atoms with E-state index < -0.39 is 27.7 Å². The summed E-state index contributed by atoms with van der Waals surface area (Å²) >= 11 is 0. The number of carbonyl (C=O) groups is 1. The van der Waals surface area contributed by atoms with Crippen LogP contribution in [0.25, 0.3) is 6.08 Å². The lowest BCUT2D eigenvalue weighted by molar-refractivity contribution is -0.137. The van der Waals surface area contributed by atoms with E-state index >= 15 is 0 Å². The first kappa shape index (κ1) is 21.8. The highest BCUT2D eigenvalue weighted by Crippen LogP contribution is 2.30. The Morgan fingerprint density at radius 2 is 1.90 bits per heavy atom. The minimum absolute atomic E-state index is 0.0349. The van der Waals surface area contributed by atoms with Gasteiger partial charge in [-0.3, -0.25) is 4.79 Å². The van der Waals surface area contributed by atoms with Crippen LogP contribution < -0.4 is 14.8 Å². The van der Waals surface area contributed by atoms with Gasteiger partial charge < -0.3 is 10.1 Å². The summed E-state index contributed by atoms with van der Waals surface area (Å²) in [5.41, 5.74) is -0.514. The summed E-state index contributed by atoms with van der Waals surface area (Å²) in [4.78, 5) is 12.2. The second kappa shape index (κ2) is 8.49. The van der Waals surface area contributed by atoms with E-state index in [1.54, 1.807) is 0 Å². The monoisotopic (exact) mass is 440 g/mol. The van der Waals surface area contributed by atoms with E-state index in [4.69, 9.17) is 4.74 Å². The van der Waals surface area contributed by atoms with Crippen LogP contribution in [-0.4, -0.2) is 27.5 Å². The predicted octanol–water partition coefficient (Wildman–Crippen LogP) is 3.81. The number of ether oxygens (including phenoxy) is 1. The maximum atomic E-state index is 12.8. The first-order valence-electron chi connectivity index (χ1n) is 8.95. The van der Waals surface area contributed by atoms with Gasteiger partial charge in [0.05, 0.1) is 23.3 Å². The fraction of sp³-hybridized carbons (Fsp3) is 0.250. The molecule has 0 saturated heterocycles. The van der Waals surface area contributed by atoms with Crippen LogP contribution in [0.15, 0.2) is 53.4 Å². The Hall–Kier alpha value is -2.85. The minimum Gasteiger partial charge on any atom is -0.495 e. The fourth-order valence-electron chi connectivity index (χ4n) is 2.61. The third-order valence-electron chi connectivity index (χ3n) is 4.28. The quantitative estimate of drug-likeness (QED) is 0.642. The molecule has 0 aromatic heterocycles. The lowest BCUT2D eigenvalue weighted by atomic mass is 10.1. The summed E-state index contributed by atoms with van der Waals surface area (Å²) in [7, 11) is -2.37. The topological polar surface area (TPSA) is 84.5 Å². The van der Waals surface area contributed by atoms with E-state index in [0.29, 0.717) is 0 Å². The van der Waals surface area contributed by atoms with Crippen LogP contribution in [0.1, 0.15) is 24.0 Å². The van der Waals surface area contributed by atoms with Crippen molar-refractivity contribution < 1.29 is 31.1 Å². The van der Waals surface area contributed by atoms with Gasteiger partial charge in [0.2, 0.25) is 15.9 Å². The Morgan fingerprint density at radius 3 is 2.53 bits per heavy atom. The highest BCUT2D eigenvalue weighted by Gasteiger charge is 2.30. The van der Waals surface area contributed by atoms with Crippen LogP contribution in [-0.2, 0) is 21.0 Å². The highest BCUT2D eigenvalue weighted by atomic mass is 32.2. The van der Waals surface area contributed by atoms with Crippen LogP contribution in [0.5, 0.6) is 5.75 Å². The molecule has 30 heavy (non-hydrogen) atoms. The summed E-state index contributed by atoms with van der Waals surface area (Å²) in [6, 6.07) is 8.47. The Labute approximate surface area is 171 Å². The smallest absolute Gasteiger partial charge is 0.416 e. The van der Waals surface area contributed by atoms with E-state index in [1.807, 2.05) is 0 Å². The molecule has 1 fully saturated rings. The van der Waals surface area contributed by atoms with Crippen LogP contribution in [0.2, 0.25) is 0 Å². The maximum Gasteiger partial charge on any atom is 0.416 e. The van der Waals surface area contributed by atoms with Crippen molar-refractivity contribution >= 4 is 27.7 Å². The average Bonchev–Trinajstić information content (AvgIpc) is 3.49. The van der Waals surface area contributed by atoms with Gasteiger partial charge in [0.15, 0.2) is 0 Å². The summed E-state index contributed by atoms with van der Waals surface area (Å²) in [5, 5.41) is 2.49. The molecular weight excluding hydrogens is 421 g/mol. The average molecular weight is 440 g/mol. The molecular formula is C20H19F3N2O4S. The van der Waals surface area contributed by atoms with E-state index in [1.165, 1.54) is 43.5 Å². The molecule has 2 aromatic carbocycles. The molecule has 1 aliphatic carbocycles. The SMILES string of the molecule is COc1ccc(S(=O)(=O)NC2CC2)cc1NC(=O)/C=C/c1cccc(C(F)(F)F)c1. The molecule has 160 valence electrons. The molecule has 0 unspecified atom stereocenters. The maximum absolute atomic E-state index is 12.8. The molecule has 0 aliphatic heterocycles. The summed E-state index contributed by atoms with van der Waals surface area (Å²) in [6.07, 6.45) is -0.649. The lowest BCUT2D eigenvalue weighted by Crippen LogP contribution is -2.25. The van der Waals surface area contributed by atoms with E-state index in [-0.39, 0.29) is 27.9 Å². The Morgan fingerprint density at radius 1 is 1.17 bits per heavy atom. The molecule has 1 aliphatic rings. The fourth-order valence-corrected chi connectivity index (χ4v) is 3.94. The van der Waals surface area contributed by atoms with Gasteiger partial charge in [-0.2, -0.15) is 13.2 Å².